The largest absolute Gasteiger partial charge is 0.395 e. The van der Waals surface area contributed by atoms with Gasteiger partial charge >= 0.3 is 0 Å². The zero-order valence-electron chi connectivity index (χ0n) is 5.42. The van der Waals surface area contributed by atoms with E-state index in [0.717, 1.165) is 5.75 Å². The monoisotopic (exact) mass is 144 g/mol. The van der Waals surface area contributed by atoms with Crippen molar-refractivity contribution in [2.45, 2.75) is 5.25 Å². The lowest BCUT2D eigenvalue weighted by molar-refractivity contribution is 0.307. The maximum atomic E-state index is 8.63. The highest BCUT2D eigenvalue weighted by atomic mass is 32.2. The van der Waals surface area contributed by atoms with Crippen LogP contribution in [0.3, 0.4) is 0 Å². The highest BCUT2D eigenvalue weighted by Gasteiger charge is 1.98. The van der Waals surface area contributed by atoms with Crippen LogP contribution in [-0.2, 0) is 0 Å². The van der Waals surface area contributed by atoms with Crippen LogP contribution in [0, 0.1) is 0 Å². The third kappa shape index (κ3) is 4.30. The molecule has 0 saturated heterocycles. The second kappa shape index (κ2) is 5.92. The molecule has 0 rings (SSSR count). The summed E-state index contributed by atoms with van der Waals surface area (Å²) in [5.74, 6) is 0.872. The zero-order valence-corrected chi connectivity index (χ0v) is 6.23. The molecule has 0 aromatic heterocycles. The summed E-state index contributed by atoms with van der Waals surface area (Å²) in [7, 11) is 0. The lowest BCUT2D eigenvalue weighted by Crippen LogP contribution is -2.03. The van der Waals surface area contributed by atoms with E-state index in [2.05, 4.69) is 13.2 Å². The van der Waals surface area contributed by atoms with E-state index < -0.39 is 0 Å². The number of aliphatic hydroxyl groups is 1. The van der Waals surface area contributed by atoms with Crippen LogP contribution in [-0.4, -0.2) is 22.7 Å². The minimum atomic E-state index is 0.169. The Hall–Kier alpha value is -0.210. The maximum absolute atomic E-state index is 8.63. The van der Waals surface area contributed by atoms with Crippen molar-refractivity contribution in [3.8, 4) is 0 Å². The topological polar surface area (TPSA) is 20.2 Å². The van der Waals surface area contributed by atoms with E-state index in [9.17, 15) is 0 Å². The van der Waals surface area contributed by atoms with E-state index in [1.54, 1.807) is 17.8 Å². The molecule has 2 heteroatoms. The standard InChI is InChI=1S/C7H12OS/c1-3-5-9-7(4-2)6-8/h3-4,7-8H,1-2,5-6H2. The Kier molecular flexibility index (Phi) is 5.78. The average Bonchev–Trinajstić information content (AvgIpc) is 1.91. The molecule has 0 saturated carbocycles. The summed E-state index contributed by atoms with van der Waals surface area (Å²) in [6.07, 6.45) is 3.56. The summed E-state index contributed by atoms with van der Waals surface area (Å²) in [6, 6.07) is 0. The van der Waals surface area contributed by atoms with Gasteiger partial charge in [-0.2, -0.15) is 0 Å². The third-order valence-corrected chi connectivity index (χ3v) is 2.07. The second-order valence-electron chi connectivity index (χ2n) is 1.58. The first-order valence-corrected chi connectivity index (χ1v) is 3.86. The van der Waals surface area contributed by atoms with Crippen LogP contribution >= 0.6 is 11.8 Å². The van der Waals surface area contributed by atoms with Crippen molar-refractivity contribution in [2.24, 2.45) is 0 Å². The molecule has 0 aliphatic carbocycles. The predicted octanol–water partition coefficient (Wildman–Crippen LogP) is 1.45. The first-order chi connectivity index (χ1) is 4.35. The molecule has 0 aromatic carbocycles. The van der Waals surface area contributed by atoms with Crippen molar-refractivity contribution in [3.05, 3.63) is 25.3 Å². The molecule has 0 spiro atoms. The normalized spacial score (nSPS) is 12.6. The van der Waals surface area contributed by atoms with Gasteiger partial charge in [0.2, 0.25) is 0 Å². The van der Waals surface area contributed by atoms with Gasteiger partial charge in [-0.15, -0.1) is 24.9 Å². The molecule has 1 N–H and O–H groups in total. The van der Waals surface area contributed by atoms with Crippen molar-refractivity contribution < 1.29 is 5.11 Å². The number of hydrogen-bond acceptors (Lipinski definition) is 2. The minimum Gasteiger partial charge on any atom is -0.395 e. The molecule has 0 heterocycles. The number of aliphatic hydroxyl groups excluding tert-OH is 1. The Morgan fingerprint density at radius 2 is 2.22 bits per heavy atom. The van der Waals surface area contributed by atoms with Gasteiger partial charge < -0.3 is 5.11 Å². The molecule has 1 atom stereocenters. The van der Waals surface area contributed by atoms with E-state index in [1.807, 2.05) is 6.08 Å². The van der Waals surface area contributed by atoms with Crippen LogP contribution in [0.1, 0.15) is 0 Å². The highest BCUT2D eigenvalue weighted by molar-refractivity contribution is 8.00. The smallest absolute Gasteiger partial charge is 0.0585 e. The highest BCUT2D eigenvalue weighted by Crippen LogP contribution is 2.10. The van der Waals surface area contributed by atoms with Crippen LogP contribution < -0.4 is 0 Å². The second-order valence-corrected chi connectivity index (χ2v) is 2.85. The number of rotatable bonds is 5. The number of hydrogen-bond donors (Lipinski definition) is 1. The predicted molar refractivity (Wildman–Crippen MR) is 43.7 cm³/mol. The Balaban J connectivity index is 3.30. The van der Waals surface area contributed by atoms with Gasteiger partial charge in [0.25, 0.3) is 0 Å². The first kappa shape index (κ1) is 8.79. The molecule has 0 aliphatic heterocycles. The van der Waals surface area contributed by atoms with Gasteiger partial charge in [-0.05, 0) is 0 Å². The average molecular weight is 144 g/mol. The summed E-state index contributed by atoms with van der Waals surface area (Å²) >= 11 is 1.64. The molecule has 0 fully saturated rings. The van der Waals surface area contributed by atoms with Crippen molar-refractivity contribution >= 4 is 11.8 Å². The van der Waals surface area contributed by atoms with Crippen LogP contribution in [0.25, 0.3) is 0 Å². The Bertz CT molecular complexity index is 90.9. The summed E-state index contributed by atoms with van der Waals surface area (Å²) in [5, 5.41) is 8.80. The molecule has 0 aliphatic rings. The lowest BCUT2D eigenvalue weighted by Gasteiger charge is -2.04. The fraction of sp³-hybridized carbons (Fsp3) is 0.429. The molecule has 1 nitrogen and oxygen atoms in total. The fourth-order valence-corrected chi connectivity index (χ4v) is 1.01. The first-order valence-electron chi connectivity index (χ1n) is 2.81. The SMILES string of the molecule is C=CCSC(C=C)CO. The van der Waals surface area contributed by atoms with Gasteiger partial charge in [-0.3, -0.25) is 0 Å². The van der Waals surface area contributed by atoms with Gasteiger partial charge in [0.15, 0.2) is 0 Å². The summed E-state index contributed by atoms with van der Waals surface area (Å²) in [6.45, 7) is 7.30. The summed E-state index contributed by atoms with van der Waals surface area (Å²) < 4.78 is 0. The molecule has 0 aromatic rings. The van der Waals surface area contributed by atoms with Crippen LogP contribution in [0.5, 0.6) is 0 Å². The molecule has 9 heavy (non-hydrogen) atoms. The molecule has 1 unspecified atom stereocenters. The Morgan fingerprint density at radius 3 is 2.56 bits per heavy atom. The molecular formula is C7H12OS. The quantitative estimate of drug-likeness (QED) is 0.589. The maximum Gasteiger partial charge on any atom is 0.0585 e. The van der Waals surface area contributed by atoms with Gasteiger partial charge in [0.1, 0.15) is 0 Å². The summed E-state index contributed by atoms with van der Waals surface area (Å²) in [5.41, 5.74) is 0. The lowest BCUT2D eigenvalue weighted by atomic mass is 10.4. The van der Waals surface area contributed by atoms with Crippen LogP contribution in [0.4, 0.5) is 0 Å². The van der Waals surface area contributed by atoms with E-state index >= 15 is 0 Å². The van der Waals surface area contributed by atoms with Crippen molar-refractivity contribution in [1.29, 1.82) is 0 Å². The van der Waals surface area contributed by atoms with Crippen molar-refractivity contribution in [3.63, 3.8) is 0 Å². The molecular weight excluding hydrogens is 132 g/mol. The van der Waals surface area contributed by atoms with Gasteiger partial charge in [0, 0.05) is 11.0 Å². The van der Waals surface area contributed by atoms with E-state index in [-0.39, 0.29) is 11.9 Å². The molecule has 0 amide bonds. The van der Waals surface area contributed by atoms with Crippen molar-refractivity contribution in [2.75, 3.05) is 12.4 Å². The van der Waals surface area contributed by atoms with Gasteiger partial charge in [-0.1, -0.05) is 12.2 Å². The minimum absolute atomic E-state index is 0.169. The summed E-state index contributed by atoms with van der Waals surface area (Å²) in [4.78, 5) is 0. The molecule has 52 valence electrons. The van der Waals surface area contributed by atoms with E-state index in [1.165, 1.54) is 0 Å². The Morgan fingerprint density at radius 1 is 1.56 bits per heavy atom. The van der Waals surface area contributed by atoms with Gasteiger partial charge in [-0.25, -0.2) is 0 Å². The molecule has 0 radical (unpaired) electrons. The van der Waals surface area contributed by atoms with Crippen LogP contribution in [0.15, 0.2) is 25.3 Å². The zero-order chi connectivity index (χ0) is 7.11. The number of thioether (sulfide) groups is 1. The van der Waals surface area contributed by atoms with Gasteiger partial charge in [0.05, 0.1) is 6.61 Å². The Labute approximate surface area is 60.5 Å². The molecule has 0 bridgehead atoms. The third-order valence-electron chi connectivity index (χ3n) is 0.871. The van der Waals surface area contributed by atoms with Crippen molar-refractivity contribution in [1.82, 2.24) is 0 Å². The van der Waals surface area contributed by atoms with Crippen LogP contribution in [0.2, 0.25) is 0 Å². The van der Waals surface area contributed by atoms with E-state index in [0.29, 0.717) is 0 Å². The van der Waals surface area contributed by atoms with E-state index in [4.69, 9.17) is 5.11 Å². The fourth-order valence-electron chi connectivity index (χ4n) is 0.387.